The van der Waals surface area contributed by atoms with E-state index in [1.165, 1.54) is 0 Å². The highest BCUT2D eigenvalue weighted by molar-refractivity contribution is 8.14. The molecule has 0 bridgehead atoms. The molecule has 2 aliphatic rings. The van der Waals surface area contributed by atoms with E-state index < -0.39 is 0 Å². The third-order valence-electron chi connectivity index (χ3n) is 3.38. The normalized spacial score (nSPS) is 23.8. The molecule has 1 spiro atoms. The fourth-order valence-corrected chi connectivity index (χ4v) is 3.36. The number of thioether (sulfide) groups is 1. The highest BCUT2D eigenvalue weighted by Crippen LogP contribution is 2.31. The summed E-state index contributed by atoms with van der Waals surface area (Å²) in [6, 6.07) is 0. The Hall–Kier alpha value is -0.750. The third kappa shape index (κ3) is 4.38. The van der Waals surface area contributed by atoms with E-state index in [1.54, 1.807) is 11.8 Å². The summed E-state index contributed by atoms with van der Waals surface area (Å²) >= 11 is 1.72. The molecule has 2 rings (SSSR count). The van der Waals surface area contributed by atoms with Crippen molar-refractivity contribution < 1.29 is 9.53 Å². The minimum atomic E-state index is -0.00322. The number of hydrogen-bond donors (Lipinski definition) is 2. The number of hydrogen-bond acceptors (Lipinski definition) is 4. The van der Waals surface area contributed by atoms with Gasteiger partial charge >= 0.3 is 0 Å². The predicted molar refractivity (Wildman–Crippen MR) is 78.5 cm³/mol. The number of carbonyl (C=O) groups excluding carboxylic acids is 1. The second-order valence-electron chi connectivity index (χ2n) is 5.63. The van der Waals surface area contributed by atoms with Gasteiger partial charge in [-0.05, 0) is 18.8 Å². The van der Waals surface area contributed by atoms with E-state index in [0.717, 1.165) is 37.0 Å². The van der Waals surface area contributed by atoms with E-state index in [-0.39, 0.29) is 18.0 Å². The molecular formula is C13H23N3O2S. The van der Waals surface area contributed by atoms with Gasteiger partial charge < -0.3 is 15.4 Å². The molecule has 0 aromatic rings. The topological polar surface area (TPSA) is 62.7 Å². The molecular weight excluding hydrogens is 262 g/mol. The van der Waals surface area contributed by atoms with Crippen LogP contribution >= 0.6 is 11.8 Å². The quantitative estimate of drug-likeness (QED) is 0.809. The maximum atomic E-state index is 11.6. The Morgan fingerprint density at radius 2 is 2.26 bits per heavy atom. The first kappa shape index (κ1) is 14.7. The van der Waals surface area contributed by atoms with Crippen molar-refractivity contribution in [1.29, 1.82) is 0 Å². The number of nitrogens with zero attached hydrogens (tertiary/aromatic N) is 1. The van der Waals surface area contributed by atoms with Crippen LogP contribution in [0.3, 0.4) is 0 Å². The van der Waals surface area contributed by atoms with Gasteiger partial charge in [0.05, 0.1) is 5.54 Å². The van der Waals surface area contributed by atoms with Crippen LogP contribution in [-0.4, -0.2) is 48.7 Å². The van der Waals surface area contributed by atoms with Crippen LogP contribution in [-0.2, 0) is 9.53 Å². The molecule has 2 N–H and O–H groups in total. The largest absolute Gasteiger partial charge is 0.381 e. The number of carbonyl (C=O) groups is 1. The lowest BCUT2D eigenvalue weighted by molar-refractivity contribution is -0.119. The van der Waals surface area contributed by atoms with Crippen molar-refractivity contribution in [2.24, 2.45) is 10.9 Å². The molecule has 0 saturated carbocycles. The van der Waals surface area contributed by atoms with Gasteiger partial charge in [0.25, 0.3) is 0 Å². The number of amides is 1. The van der Waals surface area contributed by atoms with Crippen LogP contribution in [0.2, 0.25) is 0 Å². The van der Waals surface area contributed by atoms with Gasteiger partial charge in [0, 0.05) is 25.5 Å². The highest BCUT2D eigenvalue weighted by atomic mass is 32.2. The van der Waals surface area contributed by atoms with Crippen LogP contribution < -0.4 is 10.6 Å². The summed E-state index contributed by atoms with van der Waals surface area (Å²) < 4.78 is 5.39. The Kier molecular flexibility index (Phi) is 5.10. The summed E-state index contributed by atoms with van der Waals surface area (Å²) in [7, 11) is 0. The van der Waals surface area contributed by atoms with Gasteiger partial charge in [0.1, 0.15) is 6.54 Å². The molecule has 2 aliphatic heterocycles. The van der Waals surface area contributed by atoms with E-state index in [2.05, 4.69) is 29.5 Å². The Labute approximate surface area is 119 Å². The smallest absolute Gasteiger partial charge is 0.241 e. The number of aliphatic imine (C=N–C) groups is 1. The van der Waals surface area contributed by atoms with Gasteiger partial charge in [-0.1, -0.05) is 25.6 Å². The summed E-state index contributed by atoms with van der Waals surface area (Å²) in [6.07, 6.45) is 2.05. The lowest BCUT2D eigenvalue weighted by Crippen LogP contribution is -2.48. The molecule has 0 unspecified atom stereocenters. The molecule has 2 fully saturated rings. The minimum absolute atomic E-state index is 0.00322. The van der Waals surface area contributed by atoms with Crippen LogP contribution in [0.25, 0.3) is 0 Å². The second-order valence-corrected chi connectivity index (χ2v) is 6.59. The van der Waals surface area contributed by atoms with Crippen LogP contribution in [0.15, 0.2) is 4.99 Å². The fourth-order valence-electron chi connectivity index (χ4n) is 2.14. The highest BCUT2D eigenvalue weighted by Gasteiger charge is 2.38. The molecule has 0 aromatic heterocycles. The lowest BCUT2D eigenvalue weighted by Gasteiger charge is -2.32. The maximum absolute atomic E-state index is 11.6. The van der Waals surface area contributed by atoms with Gasteiger partial charge in [-0.15, -0.1) is 0 Å². The summed E-state index contributed by atoms with van der Waals surface area (Å²) in [6.45, 7) is 6.72. The van der Waals surface area contributed by atoms with Crippen LogP contribution in [0.5, 0.6) is 0 Å². The summed E-state index contributed by atoms with van der Waals surface area (Å²) in [5, 5.41) is 7.26. The Balaban J connectivity index is 1.77. The average molecular weight is 285 g/mol. The number of nitrogens with one attached hydrogen (secondary N) is 2. The standard InChI is InChI=1S/C13H23N3O2S/c1-10(2)7-14-11(17)8-15-12-16-13(9-19-12)3-5-18-6-4-13/h10H,3-9H2,1-2H3,(H,14,17)(H,15,16). The number of ether oxygens (including phenoxy) is 1. The van der Waals surface area contributed by atoms with E-state index in [4.69, 9.17) is 4.74 Å². The molecule has 5 nitrogen and oxygen atoms in total. The van der Waals surface area contributed by atoms with Gasteiger partial charge in [-0.25, -0.2) is 0 Å². The molecule has 0 aliphatic carbocycles. The van der Waals surface area contributed by atoms with Crippen molar-refractivity contribution in [1.82, 2.24) is 10.6 Å². The maximum Gasteiger partial charge on any atom is 0.241 e. The van der Waals surface area contributed by atoms with E-state index in [9.17, 15) is 4.79 Å². The zero-order valence-corrected chi connectivity index (χ0v) is 12.5. The van der Waals surface area contributed by atoms with Crippen LogP contribution in [0, 0.1) is 5.92 Å². The van der Waals surface area contributed by atoms with Crippen molar-refractivity contribution in [3.05, 3.63) is 0 Å². The van der Waals surface area contributed by atoms with Crippen LogP contribution in [0.1, 0.15) is 26.7 Å². The van der Waals surface area contributed by atoms with Gasteiger partial charge in [-0.3, -0.25) is 9.79 Å². The van der Waals surface area contributed by atoms with Gasteiger partial charge in [-0.2, -0.15) is 0 Å². The predicted octanol–water partition coefficient (Wildman–Crippen LogP) is 1.00. The first-order valence-corrected chi connectivity index (χ1v) is 7.88. The zero-order valence-electron chi connectivity index (χ0n) is 11.7. The van der Waals surface area contributed by atoms with Crippen molar-refractivity contribution in [3.8, 4) is 0 Å². The van der Waals surface area contributed by atoms with E-state index in [1.807, 2.05) is 0 Å². The van der Waals surface area contributed by atoms with Gasteiger partial charge in [0.2, 0.25) is 5.91 Å². The van der Waals surface area contributed by atoms with E-state index in [0.29, 0.717) is 12.5 Å². The molecule has 0 aromatic carbocycles. The minimum Gasteiger partial charge on any atom is -0.381 e. The Morgan fingerprint density at radius 3 is 2.95 bits per heavy atom. The summed E-state index contributed by atoms with van der Waals surface area (Å²) in [5.41, 5.74) is 0.149. The van der Waals surface area contributed by atoms with Crippen molar-refractivity contribution in [2.45, 2.75) is 32.2 Å². The average Bonchev–Trinajstić information content (AvgIpc) is 2.78. The first-order valence-electron chi connectivity index (χ1n) is 6.89. The second kappa shape index (κ2) is 6.61. The molecule has 6 heteroatoms. The molecule has 108 valence electrons. The molecule has 0 atom stereocenters. The van der Waals surface area contributed by atoms with E-state index >= 15 is 0 Å². The summed E-state index contributed by atoms with van der Waals surface area (Å²) in [4.78, 5) is 16.0. The molecule has 0 radical (unpaired) electrons. The summed E-state index contributed by atoms with van der Waals surface area (Å²) in [5.74, 6) is 1.50. The fraction of sp³-hybridized carbons (Fsp3) is 0.846. The number of amidine groups is 1. The molecule has 1 amide bonds. The Bertz CT molecular complexity index is 352. The SMILES string of the molecule is CC(C)CNC(=O)CN=C1NC2(CCOCC2)CS1. The van der Waals surface area contributed by atoms with Gasteiger partial charge in [0.15, 0.2) is 5.17 Å². The van der Waals surface area contributed by atoms with Crippen molar-refractivity contribution in [3.63, 3.8) is 0 Å². The monoisotopic (exact) mass is 285 g/mol. The Morgan fingerprint density at radius 1 is 1.53 bits per heavy atom. The first-order chi connectivity index (χ1) is 9.10. The van der Waals surface area contributed by atoms with Crippen LogP contribution in [0.4, 0.5) is 0 Å². The van der Waals surface area contributed by atoms with Crippen molar-refractivity contribution >= 4 is 22.8 Å². The zero-order chi connectivity index (χ0) is 13.7. The molecule has 2 saturated heterocycles. The number of rotatable bonds is 4. The third-order valence-corrected chi connectivity index (χ3v) is 4.58. The van der Waals surface area contributed by atoms with Crippen molar-refractivity contribution in [2.75, 3.05) is 32.1 Å². The molecule has 19 heavy (non-hydrogen) atoms. The lowest BCUT2D eigenvalue weighted by atomic mass is 9.93. The molecule has 2 heterocycles.